The minimum atomic E-state index is -1.22. The Balaban J connectivity index is 2.76. The molecule has 2 N–H and O–H groups in total. The van der Waals surface area contributed by atoms with Crippen LogP contribution in [0.1, 0.15) is 38.1 Å². The van der Waals surface area contributed by atoms with Crippen LogP contribution in [0.15, 0.2) is 18.2 Å². The van der Waals surface area contributed by atoms with Crippen molar-refractivity contribution in [1.29, 1.82) is 0 Å². The molecule has 0 saturated carbocycles. The van der Waals surface area contributed by atoms with Gasteiger partial charge in [-0.3, -0.25) is 4.98 Å². The maximum absolute atomic E-state index is 12.2. The Morgan fingerprint density at radius 2 is 1.95 bits per heavy atom. The fourth-order valence-electron chi connectivity index (χ4n) is 2.09. The standard InChI is InChI=1S/C15H23N3O3/c1-5-15(6-2,13(19)20)17-14(21)18(4)10-12-9-7-8-11(3)16-12/h7-9H,5-6,10H2,1-4H3,(H,17,21)(H,19,20). The third-order valence-corrected chi connectivity index (χ3v) is 3.65. The van der Waals surface area contributed by atoms with Crippen LogP contribution in [-0.4, -0.2) is 39.6 Å². The van der Waals surface area contributed by atoms with Crippen LogP contribution >= 0.6 is 0 Å². The molecule has 0 aliphatic heterocycles. The molecule has 0 aromatic carbocycles. The number of amides is 2. The normalized spacial score (nSPS) is 11.0. The van der Waals surface area contributed by atoms with Crippen molar-refractivity contribution in [3.05, 3.63) is 29.6 Å². The van der Waals surface area contributed by atoms with Gasteiger partial charge in [-0.05, 0) is 31.9 Å². The Labute approximate surface area is 125 Å². The largest absolute Gasteiger partial charge is 0.480 e. The van der Waals surface area contributed by atoms with E-state index in [1.807, 2.05) is 25.1 Å². The molecule has 1 rings (SSSR count). The average molecular weight is 293 g/mol. The minimum absolute atomic E-state index is 0.330. The maximum atomic E-state index is 12.2. The van der Waals surface area contributed by atoms with E-state index in [1.54, 1.807) is 20.9 Å². The lowest BCUT2D eigenvalue weighted by atomic mass is 9.93. The van der Waals surface area contributed by atoms with Gasteiger partial charge < -0.3 is 15.3 Å². The Bertz CT molecular complexity index is 513. The van der Waals surface area contributed by atoms with Crippen LogP contribution in [0.4, 0.5) is 4.79 Å². The van der Waals surface area contributed by atoms with E-state index >= 15 is 0 Å². The zero-order valence-electron chi connectivity index (χ0n) is 13.0. The van der Waals surface area contributed by atoms with Crippen molar-refractivity contribution in [2.24, 2.45) is 0 Å². The molecule has 1 heterocycles. The van der Waals surface area contributed by atoms with Crippen molar-refractivity contribution in [2.75, 3.05) is 7.05 Å². The summed E-state index contributed by atoms with van der Waals surface area (Å²) in [6.45, 7) is 5.71. The highest BCUT2D eigenvalue weighted by molar-refractivity contribution is 5.86. The highest BCUT2D eigenvalue weighted by Gasteiger charge is 2.37. The van der Waals surface area contributed by atoms with Gasteiger partial charge in [-0.2, -0.15) is 0 Å². The molecule has 1 aromatic heterocycles. The Morgan fingerprint density at radius 1 is 1.33 bits per heavy atom. The number of rotatable bonds is 6. The molecule has 2 amide bonds. The SMILES string of the molecule is CCC(CC)(NC(=O)N(C)Cc1cccc(C)n1)C(=O)O. The van der Waals surface area contributed by atoms with E-state index in [2.05, 4.69) is 10.3 Å². The van der Waals surface area contributed by atoms with E-state index < -0.39 is 17.5 Å². The number of aromatic nitrogens is 1. The monoisotopic (exact) mass is 293 g/mol. The van der Waals surface area contributed by atoms with Crippen LogP contribution in [-0.2, 0) is 11.3 Å². The first kappa shape index (κ1) is 16.9. The number of urea groups is 1. The maximum Gasteiger partial charge on any atom is 0.329 e. The van der Waals surface area contributed by atoms with Crippen molar-refractivity contribution >= 4 is 12.0 Å². The summed E-state index contributed by atoms with van der Waals surface area (Å²) in [7, 11) is 1.62. The lowest BCUT2D eigenvalue weighted by molar-refractivity contribution is -0.144. The van der Waals surface area contributed by atoms with Crippen molar-refractivity contribution in [3.63, 3.8) is 0 Å². The number of nitrogens with zero attached hydrogens (tertiary/aromatic N) is 2. The van der Waals surface area contributed by atoms with Crippen LogP contribution in [0.3, 0.4) is 0 Å². The average Bonchev–Trinajstić information content (AvgIpc) is 2.44. The number of aliphatic carboxylic acids is 1. The Morgan fingerprint density at radius 3 is 2.43 bits per heavy atom. The highest BCUT2D eigenvalue weighted by Crippen LogP contribution is 2.16. The number of carboxylic acid groups (broad SMARTS) is 1. The van der Waals surface area contributed by atoms with E-state index in [-0.39, 0.29) is 0 Å². The molecule has 0 saturated heterocycles. The summed E-state index contributed by atoms with van der Waals surface area (Å²) < 4.78 is 0. The number of carbonyl (C=O) groups excluding carboxylic acids is 1. The van der Waals surface area contributed by atoms with E-state index in [1.165, 1.54) is 4.90 Å². The molecule has 21 heavy (non-hydrogen) atoms. The van der Waals surface area contributed by atoms with Crippen LogP contribution in [0, 0.1) is 6.92 Å². The van der Waals surface area contributed by atoms with E-state index in [0.29, 0.717) is 19.4 Å². The van der Waals surface area contributed by atoms with Crippen molar-refractivity contribution in [3.8, 4) is 0 Å². The third-order valence-electron chi connectivity index (χ3n) is 3.65. The second-order valence-electron chi connectivity index (χ2n) is 5.15. The summed E-state index contributed by atoms with van der Waals surface area (Å²) in [5.74, 6) is -1.01. The molecular formula is C15H23N3O3. The van der Waals surface area contributed by atoms with Crippen LogP contribution in [0.25, 0.3) is 0 Å². The van der Waals surface area contributed by atoms with Gasteiger partial charge in [0.05, 0.1) is 12.2 Å². The molecule has 6 nitrogen and oxygen atoms in total. The molecule has 6 heteroatoms. The fourth-order valence-corrected chi connectivity index (χ4v) is 2.09. The molecule has 116 valence electrons. The number of carboxylic acids is 1. The summed E-state index contributed by atoms with van der Waals surface area (Å²) in [4.78, 5) is 29.4. The first-order valence-electron chi connectivity index (χ1n) is 7.04. The zero-order chi connectivity index (χ0) is 16.0. The summed E-state index contributed by atoms with van der Waals surface area (Å²) >= 11 is 0. The fraction of sp³-hybridized carbons (Fsp3) is 0.533. The van der Waals surface area contributed by atoms with Gasteiger partial charge in [0.15, 0.2) is 0 Å². The van der Waals surface area contributed by atoms with E-state index in [4.69, 9.17) is 0 Å². The molecular weight excluding hydrogens is 270 g/mol. The summed E-state index contributed by atoms with van der Waals surface area (Å²) in [5.41, 5.74) is 0.427. The predicted molar refractivity (Wildman–Crippen MR) is 79.9 cm³/mol. The molecule has 0 aliphatic rings. The number of hydrogen-bond donors (Lipinski definition) is 2. The summed E-state index contributed by atoms with van der Waals surface area (Å²) in [6.07, 6.45) is 0.669. The Hall–Kier alpha value is -2.11. The number of pyridine rings is 1. The van der Waals surface area contributed by atoms with Gasteiger partial charge in [-0.1, -0.05) is 19.9 Å². The third kappa shape index (κ3) is 4.18. The second kappa shape index (κ2) is 7.06. The predicted octanol–water partition coefficient (Wildman–Crippen LogP) is 2.17. The van der Waals surface area contributed by atoms with Crippen LogP contribution in [0.2, 0.25) is 0 Å². The van der Waals surface area contributed by atoms with Gasteiger partial charge in [0, 0.05) is 12.7 Å². The molecule has 0 spiro atoms. The molecule has 0 radical (unpaired) electrons. The van der Waals surface area contributed by atoms with Gasteiger partial charge in [0.1, 0.15) is 5.54 Å². The first-order valence-corrected chi connectivity index (χ1v) is 7.04. The van der Waals surface area contributed by atoms with Gasteiger partial charge in [-0.25, -0.2) is 9.59 Å². The molecule has 0 bridgehead atoms. The molecule has 0 unspecified atom stereocenters. The Kier molecular flexibility index (Phi) is 5.69. The molecule has 0 aliphatic carbocycles. The number of hydrogen-bond acceptors (Lipinski definition) is 3. The van der Waals surface area contributed by atoms with Gasteiger partial charge in [-0.15, -0.1) is 0 Å². The lowest BCUT2D eigenvalue weighted by Gasteiger charge is -2.30. The van der Waals surface area contributed by atoms with E-state index in [0.717, 1.165) is 11.4 Å². The van der Waals surface area contributed by atoms with Crippen molar-refractivity contribution < 1.29 is 14.7 Å². The summed E-state index contributed by atoms with van der Waals surface area (Å²) in [5, 5.41) is 12.0. The second-order valence-corrected chi connectivity index (χ2v) is 5.15. The number of carbonyl (C=O) groups is 2. The van der Waals surface area contributed by atoms with E-state index in [9.17, 15) is 14.7 Å². The van der Waals surface area contributed by atoms with Crippen molar-refractivity contribution in [1.82, 2.24) is 15.2 Å². The smallest absolute Gasteiger partial charge is 0.329 e. The van der Waals surface area contributed by atoms with Crippen molar-refractivity contribution in [2.45, 2.75) is 45.7 Å². The number of aryl methyl sites for hydroxylation is 1. The summed E-state index contributed by atoms with van der Waals surface area (Å²) in [6, 6.07) is 5.18. The molecule has 0 atom stereocenters. The van der Waals surface area contributed by atoms with Crippen LogP contribution in [0.5, 0.6) is 0 Å². The molecule has 0 fully saturated rings. The minimum Gasteiger partial charge on any atom is -0.480 e. The molecule has 1 aromatic rings. The van der Waals surface area contributed by atoms with Gasteiger partial charge in [0.25, 0.3) is 0 Å². The number of nitrogens with one attached hydrogen (secondary N) is 1. The lowest BCUT2D eigenvalue weighted by Crippen LogP contribution is -2.56. The van der Waals surface area contributed by atoms with Gasteiger partial charge >= 0.3 is 12.0 Å². The quantitative estimate of drug-likeness (QED) is 0.842. The van der Waals surface area contributed by atoms with Crippen LogP contribution < -0.4 is 5.32 Å². The topological polar surface area (TPSA) is 82.5 Å². The highest BCUT2D eigenvalue weighted by atomic mass is 16.4. The first-order chi connectivity index (χ1) is 9.84. The zero-order valence-corrected chi connectivity index (χ0v) is 13.0. The van der Waals surface area contributed by atoms with Gasteiger partial charge in [0.2, 0.25) is 0 Å².